The quantitative estimate of drug-likeness (QED) is 0.807. The van der Waals surface area contributed by atoms with E-state index in [-0.39, 0.29) is 12.1 Å². The summed E-state index contributed by atoms with van der Waals surface area (Å²) >= 11 is 0. The van der Waals surface area contributed by atoms with Crippen molar-refractivity contribution in [2.75, 3.05) is 45.8 Å². The number of hydrogen-bond donors (Lipinski definition) is 2. The van der Waals surface area contributed by atoms with Gasteiger partial charge < -0.3 is 29.7 Å². The van der Waals surface area contributed by atoms with Gasteiger partial charge in [0.05, 0.1) is 26.5 Å². The molecule has 2 amide bonds. The first-order valence-electron chi connectivity index (χ1n) is 8.74. The van der Waals surface area contributed by atoms with E-state index in [1.165, 1.54) is 0 Å². The Hall–Kier alpha value is -3.00. The SMILES string of the molecule is COc1ccc(NC(=O)N2CCNCC2COc2cccnc2)cc1OC. The predicted octanol–water partition coefficient (Wildman–Crippen LogP) is 1.98. The van der Waals surface area contributed by atoms with Crippen molar-refractivity contribution in [3.8, 4) is 17.2 Å². The van der Waals surface area contributed by atoms with Crippen molar-refractivity contribution in [3.05, 3.63) is 42.7 Å². The van der Waals surface area contributed by atoms with Crippen LogP contribution in [0.2, 0.25) is 0 Å². The first-order chi connectivity index (χ1) is 13.2. The number of aromatic nitrogens is 1. The van der Waals surface area contributed by atoms with E-state index in [2.05, 4.69) is 15.6 Å². The molecule has 1 aliphatic heterocycles. The number of nitrogens with zero attached hydrogens (tertiary/aromatic N) is 2. The number of methoxy groups -OCH3 is 2. The number of amides is 2. The lowest BCUT2D eigenvalue weighted by Gasteiger charge is -2.35. The predicted molar refractivity (Wildman–Crippen MR) is 102 cm³/mol. The molecule has 2 aromatic rings. The molecule has 2 heterocycles. The minimum Gasteiger partial charge on any atom is -0.493 e. The molecule has 0 aliphatic carbocycles. The average Bonchev–Trinajstić information content (AvgIpc) is 2.73. The van der Waals surface area contributed by atoms with E-state index in [1.807, 2.05) is 12.1 Å². The van der Waals surface area contributed by atoms with Crippen molar-refractivity contribution >= 4 is 11.7 Å². The van der Waals surface area contributed by atoms with Gasteiger partial charge in [0.2, 0.25) is 0 Å². The molecule has 1 aliphatic rings. The van der Waals surface area contributed by atoms with Crippen molar-refractivity contribution < 1.29 is 19.0 Å². The summed E-state index contributed by atoms with van der Waals surface area (Å²) in [4.78, 5) is 18.6. The molecular formula is C19H24N4O4. The summed E-state index contributed by atoms with van der Waals surface area (Å²) in [6.07, 6.45) is 3.35. The largest absolute Gasteiger partial charge is 0.493 e. The van der Waals surface area contributed by atoms with E-state index in [9.17, 15) is 4.79 Å². The average molecular weight is 372 g/mol. The molecule has 3 rings (SSSR count). The molecule has 144 valence electrons. The molecule has 0 bridgehead atoms. The van der Waals surface area contributed by atoms with Gasteiger partial charge in [-0.1, -0.05) is 0 Å². The van der Waals surface area contributed by atoms with Crippen LogP contribution in [0.25, 0.3) is 0 Å². The highest BCUT2D eigenvalue weighted by Gasteiger charge is 2.27. The summed E-state index contributed by atoms with van der Waals surface area (Å²) < 4.78 is 16.3. The molecule has 27 heavy (non-hydrogen) atoms. The highest BCUT2D eigenvalue weighted by molar-refractivity contribution is 5.90. The number of pyridine rings is 1. The fourth-order valence-electron chi connectivity index (χ4n) is 2.91. The monoisotopic (exact) mass is 372 g/mol. The second kappa shape index (κ2) is 9.09. The smallest absolute Gasteiger partial charge is 0.322 e. The van der Waals surface area contributed by atoms with E-state index in [1.54, 1.807) is 49.7 Å². The van der Waals surface area contributed by atoms with E-state index < -0.39 is 0 Å². The van der Waals surface area contributed by atoms with E-state index in [0.717, 1.165) is 6.54 Å². The number of benzene rings is 1. The maximum absolute atomic E-state index is 12.8. The van der Waals surface area contributed by atoms with Crippen LogP contribution in [0.1, 0.15) is 0 Å². The third-order valence-corrected chi connectivity index (χ3v) is 4.32. The minimum atomic E-state index is -0.177. The van der Waals surface area contributed by atoms with Gasteiger partial charge in [-0.3, -0.25) is 4.98 Å². The van der Waals surface area contributed by atoms with Crippen molar-refractivity contribution in [2.24, 2.45) is 0 Å². The minimum absolute atomic E-state index is 0.0842. The van der Waals surface area contributed by atoms with Crippen molar-refractivity contribution in [3.63, 3.8) is 0 Å². The molecule has 8 heteroatoms. The van der Waals surface area contributed by atoms with Crippen LogP contribution in [0.4, 0.5) is 10.5 Å². The highest BCUT2D eigenvalue weighted by atomic mass is 16.5. The molecule has 2 N–H and O–H groups in total. The molecule has 1 unspecified atom stereocenters. The van der Waals surface area contributed by atoms with Gasteiger partial charge in [-0.25, -0.2) is 4.79 Å². The molecule has 8 nitrogen and oxygen atoms in total. The summed E-state index contributed by atoms with van der Waals surface area (Å²) in [6.45, 7) is 2.39. The Bertz CT molecular complexity index is 757. The van der Waals surface area contributed by atoms with Gasteiger partial charge in [-0.05, 0) is 24.3 Å². The molecule has 1 aromatic carbocycles. The van der Waals surface area contributed by atoms with E-state index in [4.69, 9.17) is 14.2 Å². The number of anilines is 1. The Morgan fingerprint density at radius 1 is 1.30 bits per heavy atom. The van der Waals surface area contributed by atoms with Crippen LogP contribution >= 0.6 is 0 Å². The topological polar surface area (TPSA) is 85.0 Å². The summed E-state index contributed by atoms with van der Waals surface area (Å²) in [5, 5.41) is 6.22. The van der Waals surface area contributed by atoms with Crippen LogP contribution in [-0.4, -0.2) is 62.4 Å². The molecule has 1 aromatic heterocycles. The van der Waals surface area contributed by atoms with Crippen LogP contribution in [0.3, 0.4) is 0 Å². The summed E-state index contributed by atoms with van der Waals surface area (Å²) in [6, 6.07) is 8.67. The lowest BCUT2D eigenvalue weighted by atomic mass is 10.2. The maximum atomic E-state index is 12.8. The first-order valence-corrected chi connectivity index (χ1v) is 8.74. The zero-order valence-corrected chi connectivity index (χ0v) is 15.5. The van der Waals surface area contributed by atoms with Gasteiger partial charge in [0, 0.05) is 37.6 Å². The van der Waals surface area contributed by atoms with Crippen LogP contribution in [-0.2, 0) is 0 Å². The van der Waals surface area contributed by atoms with Gasteiger partial charge in [-0.2, -0.15) is 0 Å². The molecule has 0 radical (unpaired) electrons. The van der Waals surface area contributed by atoms with Crippen LogP contribution < -0.4 is 24.8 Å². The number of carbonyl (C=O) groups is 1. The number of nitrogens with one attached hydrogen (secondary N) is 2. The fourth-order valence-corrected chi connectivity index (χ4v) is 2.91. The van der Waals surface area contributed by atoms with Crippen LogP contribution in [0.5, 0.6) is 17.2 Å². The number of urea groups is 1. The number of carbonyl (C=O) groups excluding carboxylic acids is 1. The third-order valence-electron chi connectivity index (χ3n) is 4.32. The molecule has 1 atom stereocenters. The number of hydrogen-bond acceptors (Lipinski definition) is 6. The summed E-state index contributed by atoms with van der Waals surface area (Å²) in [5.74, 6) is 1.86. The van der Waals surface area contributed by atoms with Crippen LogP contribution in [0.15, 0.2) is 42.7 Å². The maximum Gasteiger partial charge on any atom is 0.322 e. The van der Waals surface area contributed by atoms with Gasteiger partial charge in [0.1, 0.15) is 12.4 Å². The third kappa shape index (κ3) is 4.79. The first kappa shape index (κ1) is 18.8. The lowest BCUT2D eigenvalue weighted by Crippen LogP contribution is -2.57. The Kier molecular flexibility index (Phi) is 6.32. The molecule has 1 fully saturated rings. The zero-order chi connectivity index (χ0) is 19.1. The summed E-state index contributed by atoms with van der Waals surface area (Å²) in [7, 11) is 3.13. The molecule has 0 saturated carbocycles. The van der Waals surface area contributed by atoms with Gasteiger partial charge in [0.25, 0.3) is 0 Å². The standard InChI is InChI=1S/C19H24N4O4/c1-25-17-6-5-14(10-18(17)26-2)22-19(24)23-9-8-21-11-15(23)13-27-16-4-3-7-20-12-16/h3-7,10,12,15,21H,8-9,11,13H2,1-2H3,(H,22,24). The van der Waals surface area contributed by atoms with Crippen molar-refractivity contribution in [1.29, 1.82) is 0 Å². The fraction of sp³-hybridized carbons (Fsp3) is 0.368. The highest BCUT2D eigenvalue weighted by Crippen LogP contribution is 2.29. The van der Waals surface area contributed by atoms with Crippen molar-refractivity contribution in [2.45, 2.75) is 6.04 Å². The Labute approximate surface area is 158 Å². The summed E-state index contributed by atoms with van der Waals surface area (Å²) in [5.41, 5.74) is 0.642. The van der Waals surface area contributed by atoms with E-state index in [0.29, 0.717) is 42.6 Å². The normalized spacial score (nSPS) is 16.5. The number of ether oxygens (including phenoxy) is 3. The second-order valence-corrected chi connectivity index (χ2v) is 6.05. The molecular weight excluding hydrogens is 348 g/mol. The van der Waals surface area contributed by atoms with Crippen molar-refractivity contribution in [1.82, 2.24) is 15.2 Å². The Morgan fingerprint density at radius 2 is 2.15 bits per heavy atom. The van der Waals surface area contributed by atoms with Gasteiger partial charge in [-0.15, -0.1) is 0 Å². The molecule has 1 saturated heterocycles. The van der Waals surface area contributed by atoms with E-state index >= 15 is 0 Å². The Morgan fingerprint density at radius 3 is 2.89 bits per heavy atom. The zero-order valence-electron chi connectivity index (χ0n) is 15.5. The van der Waals surface area contributed by atoms with Gasteiger partial charge >= 0.3 is 6.03 Å². The lowest BCUT2D eigenvalue weighted by molar-refractivity contribution is 0.133. The number of piperazine rings is 1. The second-order valence-electron chi connectivity index (χ2n) is 6.05. The molecule has 0 spiro atoms. The number of rotatable bonds is 6. The van der Waals surface area contributed by atoms with Crippen LogP contribution in [0, 0.1) is 0 Å². The van der Waals surface area contributed by atoms with Gasteiger partial charge in [0.15, 0.2) is 11.5 Å². The Balaban J connectivity index is 1.64.